The number of nitrogens with one attached hydrogen (secondary N) is 1. The van der Waals surface area contributed by atoms with Crippen LogP contribution in [0.4, 0.5) is 11.5 Å². The Kier molecular flexibility index (Phi) is 6.45. The van der Waals surface area contributed by atoms with Crippen molar-refractivity contribution in [1.29, 1.82) is 0 Å². The van der Waals surface area contributed by atoms with Crippen LogP contribution in [0.2, 0.25) is 10.3 Å². The topological polar surface area (TPSA) is 80.2 Å². The first-order valence-electron chi connectivity index (χ1n) is 10.6. The zero-order chi connectivity index (χ0) is 23.8. The number of nitrogens with zero attached hydrogens (tertiary/aromatic N) is 4. The number of benzene rings is 1. The fourth-order valence-electron chi connectivity index (χ4n) is 4.24. The number of ether oxygens (including phenoxy) is 1. The van der Waals surface area contributed by atoms with Gasteiger partial charge in [0.2, 0.25) is 5.91 Å². The number of anilines is 2. The smallest absolute Gasteiger partial charge is 0.238 e. The van der Waals surface area contributed by atoms with Crippen LogP contribution in [0.1, 0.15) is 36.7 Å². The lowest BCUT2D eigenvalue weighted by Crippen LogP contribution is -2.65. The number of pyridine rings is 1. The summed E-state index contributed by atoms with van der Waals surface area (Å²) in [5.74, 6) is 1.83. The van der Waals surface area contributed by atoms with E-state index in [4.69, 9.17) is 27.9 Å². The highest BCUT2D eigenvalue weighted by Crippen LogP contribution is 2.42. The number of hydrogen-bond donors (Lipinski definition) is 1. The number of carbonyl (C=O) groups excluding carboxylic acids is 1. The van der Waals surface area contributed by atoms with Crippen LogP contribution in [0.5, 0.6) is 5.75 Å². The Labute approximate surface area is 203 Å². The summed E-state index contributed by atoms with van der Waals surface area (Å²) < 4.78 is 5.39. The van der Waals surface area contributed by atoms with E-state index in [0.29, 0.717) is 41.3 Å². The van der Waals surface area contributed by atoms with Crippen LogP contribution in [-0.4, -0.2) is 41.1 Å². The summed E-state index contributed by atoms with van der Waals surface area (Å²) in [6, 6.07) is 11.4. The highest BCUT2D eigenvalue weighted by atomic mass is 35.5. The van der Waals surface area contributed by atoms with E-state index in [1.54, 1.807) is 19.1 Å². The fraction of sp³-hybridized carbons (Fsp3) is 0.333. The van der Waals surface area contributed by atoms with Crippen molar-refractivity contribution in [1.82, 2.24) is 15.0 Å². The quantitative estimate of drug-likeness (QED) is 0.390. The van der Waals surface area contributed by atoms with Crippen molar-refractivity contribution in [2.24, 2.45) is 0 Å². The number of amides is 1. The Morgan fingerprint density at radius 1 is 1.15 bits per heavy atom. The first-order valence-corrected chi connectivity index (χ1v) is 11.4. The fourth-order valence-corrected chi connectivity index (χ4v) is 4.60. The third-order valence-corrected chi connectivity index (χ3v) is 6.27. The summed E-state index contributed by atoms with van der Waals surface area (Å²) in [5, 5.41) is 3.68. The summed E-state index contributed by atoms with van der Waals surface area (Å²) in [6.45, 7) is 6.93. The van der Waals surface area contributed by atoms with Gasteiger partial charge in [0.1, 0.15) is 38.8 Å². The van der Waals surface area contributed by atoms with Crippen LogP contribution in [0.3, 0.4) is 0 Å². The Morgan fingerprint density at radius 2 is 1.88 bits per heavy atom. The van der Waals surface area contributed by atoms with Gasteiger partial charge >= 0.3 is 0 Å². The number of rotatable bonds is 6. The van der Waals surface area contributed by atoms with Crippen LogP contribution in [0, 0.1) is 6.92 Å². The van der Waals surface area contributed by atoms with E-state index in [2.05, 4.69) is 40.2 Å². The summed E-state index contributed by atoms with van der Waals surface area (Å²) in [4.78, 5) is 28.6. The van der Waals surface area contributed by atoms with Gasteiger partial charge in [-0.1, -0.05) is 61.3 Å². The lowest BCUT2D eigenvalue weighted by atomic mass is 9.69. The molecular weight excluding hydrogens is 461 g/mol. The minimum absolute atomic E-state index is 0.147. The van der Waals surface area contributed by atoms with Crippen molar-refractivity contribution in [3.63, 3.8) is 0 Å². The van der Waals surface area contributed by atoms with Crippen LogP contribution >= 0.6 is 23.2 Å². The Balaban J connectivity index is 1.73. The summed E-state index contributed by atoms with van der Waals surface area (Å²) >= 11 is 12.1. The van der Waals surface area contributed by atoms with Gasteiger partial charge in [0, 0.05) is 25.2 Å². The van der Waals surface area contributed by atoms with Gasteiger partial charge in [-0.3, -0.25) is 4.79 Å². The Hall–Kier alpha value is -2.90. The largest absolute Gasteiger partial charge is 0.494 e. The molecule has 0 unspecified atom stereocenters. The minimum atomic E-state index is -0.795. The number of hydrogen-bond acceptors (Lipinski definition) is 6. The van der Waals surface area contributed by atoms with E-state index in [9.17, 15) is 4.79 Å². The maximum Gasteiger partial charge on any atom is 0.238 e. The molecule has 3 aromatic rings. The molecule has 0 spiro atoms. The number of aryl methyl sites for hydroxylation is 1. The van der Waals surface area contributed by atoms with Gasteiger partial charge in [-0.05, 0) is 24.0 Å². The molecule has 2 aromatic heterocycles. The Morgan fingerprint density at radius 3 is 2.55 bits per heavy atom. The normalized spacial score (nSPS) is 14.7. The molecule has 0 saturated carbocycles. The molecule has 1 aromatic carbocycles. The molecule has 7 nitrogen and oxygen atoms in total. The molecule has 9 heteroatoms. The molecule has 1 aliphatic heterocycles. The molecule has 0 bridgehead atoms. The molecule has 1 fully saturated rings. The van der Waals surface area contributed by atoms with E-state index in [-0.39, 0.29) is 17.0 Å². The van der Waals surface area contributed by atoms with E-state index in [0.717, 1.165) is 11.1 Å². The Bertz CT molecular complexity index is 1170. The molecule has 1 amide bonds. The van der Waals surface area contributed by atoms with Crippen molar-refractivity contribution in [3.8, 4) is 5.75 Å². The molecule has 1 aliphatic rings. The molecule has 33 heavy (non-hydrogen) atoms. The van der Waals surface area contributed by atoms with Crippen molar-refractivity contribution >= 4 is 40.6 Å². The molecule has 0 aliphatic carbocycles. The second-order valence-corrected chi connectivity index (χ2v) is 9.21. The first-order chi connectivity index (χ1) is 15.7. The van der Waals surface area contributed by atoms with Crippen molar-refractivity contribution in [2.45, 2.75) is 32.1 Å². The van der Waals surface area contributed by atoms with Gasteiger partial charge in [0.25, 0.3) is 0 Å². The number of halogens is 2. The standard InChI is InChI=1S/C24H25Cl2N5O2/c1-14(2)16-7-5-6-8-17(16)24(12-31(13-24)22-10-21(26)28-15(3)29-22)23(32)30-18-11-27-20(25)9-19(18)33-4/h5-11,14H,12-13H2,1-4H3,(H,30,32). The predicted molar refractivity (Wildman–Crippen MR) is 131 cm³/mol. The molecule has 172 valence electrons. The van der Waals surface area contributed by atoms with Gasteiger partial charge in [0.05, 0.1) is 13.3 Å². The third-order valence-electron chi connectivity index (χ3n) is 5.87. The molecular formula is C24H25Cl2N5O2. The minimum Gasteiger partial charge on any atom is -0.494 e. The molecule has 0 radical (unpaired) electrons. The second-order valence-electron chi connectivity index (χ2n) is 8.44. The van der Waals surface area contributed by atoms with Crippen LogP contribution < -0.4 is 15.0 Å². The van der Waals surface area contributed by atoms with E-state index >= 15 is 0 Å². The van der Waals surface area contributed by atoms with Crippen LogP contribution in [0.25, 0.3) is 0 Å². The van der Waals surface area contributed by atoms with Crippen LogP contribution in [-0.2, 0) is 10.2 Å². The van der Waals surface area contributed by atoms with E-state index < -0.39 is 5.41 Å². The van der Waals surface area contributed by atoms with Gasteiger partial charge in [-0.2, -0.15) is 0 Å². The first kappa shape index (κ1) is 23.3. The van der Waals surface area contributed by atoms with Crippen molar-refractivity contribution in [3.05, 3.63) is 69.9 Å². The summed E-state index contributed by atoms with van der Waals surface area (Å²) in [7, 11) is 1.53. The van der Waals surface area contributed by atoms with E-state index in [1.165, 1.54) is 13.3 Å². The third kappa shape index (κ3) is 4.48. The second kappa shape index (κ2) is 9.15. The molecule has 4 rings (SSSR count). The predicted octanol–water partition coefficient (Wildman–Crippen LogP) is 5.02. The van der Waals surface area contributed by atoms with Gasteiger partial charge in [-0.25, -0.2) is 15.0 Å². The molecule has 3 heterocycles. The average Bonchev–Trinajstić information content (AvgIpc) is 2.74. The zero-order valence-corrected chi connectivity index (χ0v) is 20.4. The number of carbonyl (C=O) groups is 1. The van der Waals surface area contributed by atoms with Gasteiger partial charge in [-0.15, -0.1) is 0 Å². The maximum atomic E-state index is 13.8. The maximum absolute atomic E-state index is 13.8. The average molecular weight is 486 g/mol. The lowest BCUT2D eigenvalue weighted by molar-refractivity contribution is -0.122. The molecule has 1 N–H and O–H groups in total. The lowest BCUT2D eigenvalue weighted by Gasteiger charge is -2.50. The molecule has 1 saturated heterocycles. The molecule has 0 atom stereocenters. The van der Waals surface area contributed by atoms with Crippen molar-refractivity contribution in [2.75, 3.05) is 30.4 Å². The van der Waals surface area contributed by atoms with Crippen molar-refractivity contribution < 1.29 is 9.53 Å². The summed E-state index contributed by atoms with van der Waals surface area (Å²) in [6.07, 6.45) is 1.51. The number of methoxy groups -OCH3 is 1. The van der Waals surface area contributed by atoms with Crippen LogP contribution in [0.15, 0.2) is 42.6 Å². The van der Waals surface area contributed by atoms with Gasteiger partial charge < -0.3 is 15.0 Å². The highest BCUT2D eigenvalue weighted by molar-refractivity contribution is 6.30. The highest BCUT2D eigenvalue weighted by Gasteiger charge is 2.52. The monoisotopic (exact) mass is 485 g/mol. The summed E-state index contributed by atoms with van der Waals surface area (Å²) in [5.41, 5.74) is 1.79. The van der Waals surface area contributed by atoms with E-state index in [1.807, 2.05) is 23.1 Å². The zero-order valence-electron chi connectivity index (χ0n) is 18.9. The number of aromatic nitrogens is 3. The van der Waals surface area contributed by atoms with Gasteiger partial charge in [0.15, 0.2) is 0 Å². The SMILES string of the molecule is COc1cc(Cl)ncc1NC(=O)C1(c2ccccc2C(C)C)CN(c2cc(Cl)nc(C)n2)C1.